The number of rotatable bonds is 11. The molecule has 2 amide bonds. The van der Waals surface area contributed by atoms with E-state index in [0.717, 1.165) is 23.8 Å². The Hall–Kier alpha value is -4.12. The van der Waals surface area contributed by atoms with Crippen LogP contribution in [0.4, 0.5) is 0 Å². The lowest BCUT2D eigenvalue weighted by molar-refractivity contribution is -0.132. The van der Waals surface area contributed by atoms with Crippen LogP contribution in [0.2, 0.25) is 0 Å². The van der Waals surface area contributed by atoms with Crippen LogP contribution in [0.3, 0.4) is 0 Å². The molecule has 11 heteroatoms. The molecule has 1 saturated heterocycles. The first kappa shape index (κ1) is 28.9. The van der Waals surface area contributed by atoms with Crippen molar-refractivity contribution in [1.82, 2.24) is 19.4 Å². The Balaban J connectivity index is 1.70. The summed E-state index contributed by atoms with van der Waals surface area (Å²) in [6, 6.07) is 9.81. The summed E-state index contributed by atoms with van der Waals surface area (Å²) in [5, 5.41) is 3.06. The zero-order valence-electron chi connectivity index (χ0n) is 23.2. The third-order valence-corrected chi connectivity index (χ3v) is 7.10. The van der Waals surface area contributed by atoms with Gasteiger partial charge in [-0.2, -0.15) is 0 Å². The minimum Gasteiger partial charge on any atom is -0.493 e. The first-order valence-corrected chi connectivity index (χ1v) is 13.4. The molecule has 0 bridgehead atoms. The Kier molecular flexibility index (Phi) is 9.60. The number of piperidine rings is 1. The van der Waals surface area contributed by atoms with E-state index in [9.17, 15) is 19.2 Å². The first-order chi connectivity index (χ1) is 19.4. The fraction of sp³-hybridized carbons (Fsp3) is 0.448. The Labute approximate surface area is 232 Å². The van der Waals surface area contributed by atoms with E-state index in [1.165, 1.54) is 24.9 Å². The molecule has 1 N–H and O–H groups in total. The third kappa shape index (κ3) is 6.36. The molecule has 2 heterocycles. The summed E-state index contributed by atoms with van der Waals surface area (Å²) < 4.78 is 18.2. The average molecular weight is 553 g/mol. The minimum atomic E-state index is -0.602. The zero-order valence-corrected chi connectivity index (χ0v) is 23.2. The smallest absolute Gasteiger partial charge is 0.332 e. The number of benzene rings is 2. The van der Waals surface area contributed by atoms with E-state index in [0.29, 0.717) is 60.8 Å². The van der Waals surface area contributed by atoms with Gasteiger partial charge in [0, 0.05) is 45.0 Å². The predicted molar refractivity (Wildman–Crippen MR) is 150 cm³/mol. The number of hydrogen-bond donors (Lipinski definition) is 1. The number of nitrogens with one attached hydrogen (secondary N) is 1. The molecule has 4 rings (SSSR count). The highest BCUT2D eigenvalue weighted by atomic mass is 16.5. The van der Waals surface area contributed by atoms with Crippen LogP contribution in [-0.4, -0.2) is 73.4 Å². The highest BCUT2D eigenvalue weighted by Crippen LogP contribution is 2.30. The van der Waals surface area contributed by atoms with Gasteiger partial charge in [-0.05, 0) is 49.4 Å². The van der Waals surface area contributed by atoms with Crippen LogP contribution < -0.4 is 26.0 Å². The summed E-state index contributed by atoms with van der Waals surface area (Å²) in [6.45, 7) is 2.11. The van der Waals surface area contributed by atoms with Crippen LogP contribution in [0.15, 0.2) is 46.0 Å². The molecule has 0 spiro atoms. The molecule has 11 nitrogen and oxygen atoms in total. The monoisotopic (exact) mass is 552 g/mol. The van der Waals surface area contributed by atoms with Crippen LogP contribution in [0.5, 0.6) is 11.5 Å². The van der Waals surface area contributed by atoms with Crippen molar-refractivity contribution < 1.29 is 23.8 Å². The highest BCUT2D eigenvalue weighted by Gasteiger charge is 2.22. The molecule has 1 aliphatic rings. The summed E-state index contributed by atoms with van der Waals surface area (Å²) in [7, 11) is 4.54. The van der Waals surface area contributed by atoms with Crippen LogP contribution in [0, 0.1) is 0 Å². The topological polar surface area (TPSA) is 121 Å². The maximum atomic E-state index is 13.7. The van der Waals surface area contributed by atoms with Crippen molar-refractivity contribution in [2.75, 3.05) is 47.6 Å². The number of fused-ring (bicyclic) bond motifs is 1. The maximum Gasteiger partial charge on any atom is 0.332 e. The van der Waals surface area contributed by atoms with E-state index in [2.05, 4.69) is 5.32 Å². The molecule has 3 aromatic rings. The molecule has 0 atom stereocenters. The molecular weight excluding hydrogens is 516 g/mol. The number of hydrogen-bond acceptors (Lipinski definition) is 7. The maximum absolute atomic E-state index is 13.7. The Bertz CT molecular complexity index is 1470. The molecule has 1 fully saturated rings. The van der Waals surface area contributed by atoms with Crippen molar-refractivity contribution in [2.45, 2.75) is 38.8 Å². The lowest BCUT2D eigenvalue weighted by Gasteiger charge is -2.27. The van der Waals surface area contributed by atoms with E-state index >= 15 is 0 Å². The van der Waals surface area contributed by atoms with Gasteiger partial charge in [-0.15, -0.1) is 0 Å². The van der Waals surface area contributed by atoms with Gasteiger partial charge in [-0.1, -0.05) is 12.1 Å². The third-order valence-electron chi connectivity index (χ3n) is 7.10. The molecule has 0 saturated carbocycles. The van der Waals surface area contributed by atoms with E-state index in [4.69, 9.17) is 14.2 Å². The molecule has 0 unspecified atom stereocenters. The van der Waals surface area contributed by atoms with Gasteiger partial charge in [0.05, 0.1) is 31.7 Å². The van der Waals surface area contributed by atoms with Gasteiger partial charge >= 0.3 is 5.69 Å². The zero-order chi connectivity index (χ0) is 28.6. The minimum absolute atomic E-state index is 0.0321. The predicted octanol–water partition coefficient (Wildman–Crippen LogP) is 2.01. The molecule has 0 radical (unpaired) electrons. The molecule has 214 valence electrons. The lowest BCUT2D eigenvalue weighted by atomic mass is 10.1. The first-order valence-electron chi connectivity index (χ1n) is 13.4. The van der Waals surface area contributed by atoms with Gasteiger partial charge in [0.25, 0.3) is 11.5 Å². The largest absolute Gasteiger partial charge is 0.493 e. The summed E-state index contributed by atoms with van der Waals surface area (Å²) in [4.78, 5) is 54.7. The number of amides is 2. The number of likely N-dealkylation sites (tertiary alicyclic amines) is 1. The van der Waals surface area contributed by atoms with Crippen molar-refractivity contribution in [3.05, 3.63) is 68.4 Å². The second kappa shape index (κ2) is 13.3. The van der Waals surface area contributed by atoms with Crippen molar-refractivity contribution in [3.63, 3.8) is 0 Å². The average Bonchev–Trinajstić information content (AvgIpc) is 2.99. The summed E-state index contributed by atoms with van der Waals surface area (Å²) in [5.74, 6) is 0.294. The molecule has 1 aliphatic heterocycles. The SMILES string of the molecule is COCCCNC(=O)c1ccc(Cn2c(=O)c3cc(OC)c(OC)cc3n(CC(=O)N3CCCCC3)c2=O)cc1. The normalized spacial score (nSPS) is 13.3. The van der Waals surface area contributed by atoms with Crippen molar-refractivity contribution in [1.29, 1.82) is 0 Å². The van der Waals surface area contributed by atoms with Gasteiger partial charge in [0.2, 0.25) is 5.91 Å². The van der Waals surface area contributed by atoms with Gasteiger partial charge < -0.3 is 24.4 Å². The second-order valence-electron chi connectivity index (χ2n) is 9.72. The summed E-state index contributed by atoms with van der Waals surface area (Å²) in [5.41, 5.74) is 0.310. The number of ether oxygens (including phenoxy) is 3. The van der Waals surface area contributed by atoms with Crippen LogP contribution in [0.1, 0.15) is 41.6 Å². The number of nitrogens with zero attached hydrogens (tertiary/aromatic N) is 3. The van der Waals surface area contributed by atoms with Gasteiger partial charge in [-0.25, -0.2) is 4.79 Å². The van der Waals surface area contributed by atoms with Crippen molar-refractivity contribution in [3.8, 4) is 11.5 Å². The summed E-state index contributed by atoms with van der Waals surface area (Å²) in [6.07, 6.45) is 3.62. The highest BCUT2D eigenvalue weighted by molar-refractivity contribution is 5.94. The number of carbonyl (C=O) groups excluding carboxylic acids is 2. The molecule has 1 aromatic heterocycles. The van der Waals surface area contributed by atoms with Gasteiger partial charge in [0.15, 0.2) is 11.5 Å². The second-order valence-corrected chi connectivity index (χ2v) is 9.72. The quantitative estimate of drug-likeness (QED) is 0.361. The Morgan fingerprint density at radius 3 is 2.23 bits per heavy atom. The molecular formula is C29H36N4O7. The van der Waals surface area contributed by atoms with E-state index in [-0.39, 0.29) is 30.3 Å². The van der Waals surface area contributed by atoms with Gasteiger partial charge in [0.1, 0.15) is 6.54 Å². The van der Waals surface area contributed by atoms with Crippen LogP contribution in [0.25, 0.3) is 10.9 Å². The van der Waals surface area contributed by atoms with Gasteiger partial charge in [-0.3, -0.25) is 23.5 Å². The molecule has 0 aliphatic carbocycles. The Morgan fingerprint density at radius 1 is 0.900 bits per heavy atom. The fourth-order valence-electron chi connectivity index (χ4n) is 4.88. The number of carbonyl (C=O) groups is 2. The molecule has 40 heavy (non-hydrogen) atoms. The standard InChI is InChI=1S/C29H36N4O7/c1-38-15-7-12-30-27(35)21-10-8-20(9-11-21)18-33-28(36)22-16-24(39-2)25(40-3)17-23(22)32(29(33)37)19-26(34)31-13-5-4-6-14-31/h8-11,16-17H,4-7,12-15,18-19H2,1-3H3,(H,30,35). The van der Waals surface area contributed by atoms with Crippen LogP contribution in [-0.2, 0) is 22.6 Å². The van der Waals surface area contributed by atoms with Crippen molar-refractivity contribution in [2.24, 2.45) is 0 Å². The number of aromatic nitrogens is 2. The molecule has 2 aromatic carbocycles. The number of methoxy groups -OCH3 is 3. The van der Waals surface area contributed by atoms with E-state index in [1.807, 2.05) is 0 Å². The summed E-state index contributed by atoms with van der Waals surface area (Å²) >= 11 is 0. The van der Waals surface area contributed by atoms with Crippen LogP contribution >= 0.6 is 0 Å². The van der Waals surface area contributed by atoms with Crippen molar-refractivity contribution >= 4 is 22.7 Å². The Morgan fingerprint density at radius 2 is 1.57 bits per heavy atom. The lowest BCUT2D eigenvalue weighted by Crippen LogP contribution is -2.44. The van der Waals surface area contributed by atoms with E-state index in [1.54, 1.807) is 42.3 Å². The van der Waals surface area contributed by atoms with E-state index < -0.39 is 11.2 Å². The fourth-order valence-corrected chi connectivity index (χ4v) is 4.88.